The summed E-state index contributed by atoms with van der Waals surface area (Å²) in [5, 5.41) is 0. The van der Waals surface area contributed by atoms with Crippen LogP contribution >= 0.6 is 0 Å². The third kappa shape index (κ3) is 2.87. The van der Waals surface area contributed by atoms with Gasteiger partial charge in [0.2, 0.25) is 5.78 Å². The molecule has 1 heterocycles. The highest BCUT2D eigenvalue weighted by molar-refractivity contribution is 6.13. The van der Waals surface area contributed by atoms with Gasteiger partial charge in [0.15, 0.2) is 5.76 Å². The molecule has 0 radical (unpaired) electrons. The predicted molar refractivity (Wildman–Crippen MR) is 91.8 cm³/mol. The third-order valence-corrected chi connectivity index (χ3v) is 3.96. The molecule has 0 aromatic heterocycles. The number of Topliss-reactive ketones (excluding diaryl/α,β-unsaturated/α-hetero) is 1. The van der Waals surface area contributed by atoms with Gasteiger partial charge in [-0.3, -0.25) is 4.79 Å². The van der Waals surface area contributed by atoms with Gasteiger partial charge in [-0.05, 0) is 44.0 Å². The summed E-state index contributed by atoms with van der Waals surface area (Å²) in [6.07, 6.45) is 0. The maximum Gasteiger partial charge on any atom is 0.232 e. The van der Waals surface area contributed by atoms with Crippen LogP contribution < -0.4 is 14.2 Å². The summed E-state index contributed by atoms with van der Waals surface area (Å²) in [5.41, 5.74) is 3.30. The molecule has 124 valence electrons. The molecule has 24 heavy (non-hydrogen) atoms. The second-order valence-corrected chi connectivity index (χ2v) is 5.97. The Kier molecular flexibility index (Phi) is 4.30. The molecule has 0 N–H and O–H groups in total. The first-order valence-corrected chi connectivity index (χ1v) is 7.80. The summed E-state index contributed by atoms with van der Waals surface area (Å²) in [6, 6.07) is 11.4. The van der Waals surface area contributed by atoms with Crippen LogP contribution in [0.25, 0.3) is 0 Å². The lowest BCUT2D eigenvalue weighted by Crippen LogP contribution is -2.02. The molecule has 2 aromatic rings. The zero-order valence-electron chi connectivity index (χ0n) is 14.3. The number of aryl methyl sites for hydroxylation is 1. The van der Waals surface area contributed by atoms with Crippen molar-refractivity contribution in [1.82, 2.24) is 0 Å². The number of hydrogen-bond acceptors (Lipinski definition) is 4. The molecule has 0 unspecified atom stereocenters. The van der Waals surface area contributed by atoms with Crippen LogP contribution in [0.1, 0.15) is 35.3 Å². The smallest absolute Gasteiger partial charge is 0.232 e. The molecule has 0 fully saturated rings. The molecule has 2 aromatic carbocycles. The molecule has 1 aliphatic rings. The number of carbonyl (C=O) groups is 1. The normalized spacial score (nSPS) is 12.7. The fourth-order valence-electron chi connectivity index (χ4n) is 2.76. The minimum Gasteiger partial charge on any atom is -0.496 e. The van der Waals surface area contributed by atoms with Crippen molar-refractivity contribution in [3.63, 3.8) is 0 Å². The number of rotatable bonds is 4. The van der Waals surface area contributed by atoms with Gasteiger partial charge in [0.1, 0.15) is 23.9 Å². The van der Waals surface area contributed by atoms with E-state index in [1.54, 1.807) is 13.2 Å². The van der Waals surface area contributed by atoms with Crippen LogP contribution in [0, 0.1) is 6.92 Å². The van der Waals surface area contributed by atoms with E-state index in [0.717, 1.165) is 22.4 Å². The highest BCUT2D eigenvalue weighted by Gasteiger charge is 2.30. The molecular weight excluding hydrogens is 304 g/mol. The number of para-hydroxylation sites is 1. The van der Waals surface area contributed by atoms with E-state index >= 15 is 0 Å². The van der Waals surface area contributed by atoms with E-state index in [0.29, 0.717) is 29.4 Å². The van der Waals surface area contributed by atoms with Crippen LogP contribution in [0.3, 0.4) is 0 Å². The van der Waals surface area contributed by atoms with Crippen LogP contribution in [0.5, 0.6) is 17.2 Å². The maximum absolute atomic E-state index is 12.4. The van der Waals surface area contributed by atoms with Crippen molar-refractivity contribution in [2.45, 2.75) is 27.4 Å². The van der Waals surface area contributed by atoms with E-state index in [-0.39, 0.29) is 5.78 Å². The summed E-state index contributed by atoms with van der Waals surface area (Å²) in [7, 11) is 1.64. The average Bonchev–Trinajstić information content (AvgIpc) is 2.90. The Hall–Kier alpha value is -2.75. The molecule has 0 amide bonds. The fourth-order valence-corrected chi connectivity index (χ4v) is 2.76. The number of allylic oxidation sites excluding steroid dienone is 2. The standard InChI is InChI=1S/C20H20O4/c1-12(2)20-19(21)18-13(3)9-15(10-17(18)24-20)23-11-14-7-5-6-8-16(14)22-4/h5-10H,11H2,1-4H3. The van der Waals surface area contributed by atoms with Gasteiger partial charge >= 0.3 is 0 Å². The first-order chi connectivity index (χ1) is 11.5. The zero-order valence-corrected chi connectivity index (χ0v) is 14.3. The quantitative estimate of drug-likeness (QED) is 0.779. The Morgan fingerprint density at radius 3 is 2.62 bits per heavy atom. The van der Waals surface area contributed by atoms with Gasteiger partial charge in [-0.2, -0.15) is 0 Å². The Labute approximate surface area is 141 Å². The van der Waals surface area contributed by atoms with Crippen LogP contribution in [-0.2, 0) is 6.61 Å². The lowest BCUT2D eigenvalue weighted by molar-refractivity contribution is 0.101. The van der Waals surface area contributed by atoms with E-state index in [4.69, 9.17) is 14.2 Å². The number of benzene rings is 2. The van der Waals surface area contributed by atoms with Crippen LogP contribution in [0.4, 0.5) is 0 Å². The van der Waals surface area contributed by atoms with Gasteiger partial charge in [0.25, 0.3) is 0 Å². The molecule has 1 aliphatic heterocycles. The average molecular weight is 324 g/mol. The minimum atomic E-state index is -0.0567. The van der Waals surface area contributed by atoms with Crippen molar-refractivity contribution >= 4 is 5.78 Å². The van der Waals surface area contributed by atoms with Gasteiger partial charge in [-0.1, -0.05) is 18.2 Å². The summed E-state index contributed by atoms with van der Waals surface area (Å²) in [5.74, 6) is 2.37. The molecule has 0 saturated heterocycles. The number of fused-ring (bicyclic) bond motifs is 1. The fraction of sp³-hybridized carbons (Fsp3) is 0.250. The summed E-state index contributed by atoms with van der Waals surface area (Å²) >= 11 is 0. The van der Waals surface area contributed by atoms with Crippen molar-refractivity contribution in [1.29, 1.82) is 0 Å². The van der Waals surface area contributed by atoms with Gasteiger partial charge in [-0.25, -0.2) is 0 Å². The van der Waals surface area contributed by atoms with E-state index in [2.05, 4.69) is 0 Å². The SMILES string of the molecule is COc1ccccc1COc1cc(C)c2c(c1)OC(=C(C)C)C2=O. The maximum atomic E-state index is 12.4. The van der Waals surface area contributed by atoms with Crippen molar-refractivity contribution in [3.05, 3.63) is 64.4 Å². The molecule has 0 bridgehead atoms. The predicted octanol–water partition coefficient (Wildman–Crippen LogP) is 4.45. The molecule has 0 saturated carbocycles. The summed E-state index contributed by atoms with van der Waals surface area (Å²) in [6.45, 7) is 6.01. The largest absolute Gasteiger partial charge is 0.496 e. The number of methoxy groups -OCH3 is 1. The molecule has 0 aliphatic carbocycles. The number of hydrogen-bond donors (Lipinski definition) is 0. The monoisotopic (exact) mass is 324 g/mol. The summed E-state index contributed by atoms with van der Waals surface area (Å²) < 4.78 is 16.9. The highest BCUT2D eigenvalue weighted by atomic mass is 16.5. The Balaban J connectivity index is 1.85. The first-order valence-electron chi connectivity index (χ1n) is 7.80. The third-order valence-electron chi connectivity index (χ3n) is 3.96. The Morgan fingerprint density at radius 2 is 1.92 bits per heavy atom. The van der Waals surface area contributed by atoms with Crippen molar-refractivity contribution in [2.24, 2.45) is 0 Å². The van der Waals surface area contributed by atoms with Gasteiger partial charge in [0, 0.05) is 11.6 Å². The lowest BCUT2D eigenvalue weighted by atomic mass is 10.0. The molecule has 3 rings (SSSR count). The van der Waals surface area contributed by atoms with E-state index < -0.39 is 0 Å². The summed E-state index contributed by atoms with van der Waals surface area (Å²) in [4.78, 5) is 12.4. The second kappa shape index (κ2) is 6.40. The molecule has 0 atom stereocenters. The topological polar surface area (TPSA) is 44.8 Å². The van der Waals surface area contributed by atoms with Crippen LogP contribution in [-0.4, -0.2) is 12.9 Å². The van der Waals surface area contributed by atoms with Gasteiger partial charge in [-0.15, -0.1) is 0 Å². The highest BCUT2D eigenvalue weighted by Crippen LogP contribution is 2.38. The zero-order chi connectivity index (χ0) is 17.3. The van der Waals surface area contributed by atoms with Crippen LogP contribution in [0.15, 0.2) is 47.7 Å². The number of ether oxygens (including phenoxy) is 3. The molecule has 4 heteroatoms. The van der Waals surface area contributed by atoms with Crippen molar-refractivity contribution in [2.75, 3.05) is 7.11 Å². The van der Waals surface area contributed by atoms with Crippen LogP contribution in [0.2, 0.25) is 0 Å². The second-order valence-electron chi connectivity index (χ2n) is 5.97. The minimum absolute atomic E-state index is 0.0567. The molecule has 0 spiro atoms. The van der Waals surface area contributed by atoms with E-state index in [9.17, 15) is 4.79 Å². The Bertz CT molecular complexity index is 830. The van der Waals surface area contributed by atoms with Gasteiger partial charge in [0.05, 0.1) is 12.7 Å². The van der Waals surface area contributed by atoms with Gasteiger partial charge < -0.3 is 14.2 Å². The number of carbonyl (C=O) groups excluding carboxylic acids is 1. The van der Waals surface area contributed by atoms with Crippen molar-refractivity contribution in [3.8, 4) is 17.2 Å². The Morgan fingerprint density at radius 1 is 1.17 bits per heavy atom. The first kappa shape index (κ1) is 16.1. The van der Waals surface area contributed by atoms with Crippen molar-refractivity contribution < 1.29 is 19.0 Å². The lowest BCUT2D eigenvalue weighted by Gasteiger charge is -2.11. The molecule has 4 nitrogen and oxygen atoms in total. The van der Waals surface area contributed by atoms with E-state index in [1.165, 1.54) is 0 Å². The molecular formula is C20H20O4. The van der Waals surface area contributed by atoms with E-state index in [1.807, 2.05) is 51.1 Å². The number of ketones is 1.